The average Bonchev–Trinajstić information content (AvgIpc) is 3.25. The van der Waals surface area contributed by atoms with Gasteiger partial charge in [0.2, 0.25) is 5.60 Å². The van der Waals surface area contributed by atoms with Crippen LogP contribution < -0.4 is 0 Å². The summed E-state index contributed by atoms with van der Waals surface area (Å²) in [6, 6.07) is 0. The third-order valence-electron chi connectivity index (χ3n) is 7.05. The van der Waals surface area contributed by atoms with Crippen molar-refractivity contribution < 1.29 is 36.6 Å². The van der Waals surface area contributed by atoms with Crippen molar-refractivity contribution in [3.63, 3.8) is 0 Å². The molecule has 0 heterocycles. The van der Waals surface area contributed by atoms with Crippen LogP contribution in [0.15, 0.2) is 12.7 Å². The number of rotatable bonds is 6. The summed E-state index contributed by atoms with van der Waals surface area (Å²) in [6.45, 7) is 4.48. The van der Waals surface area contributed by atoms with Crippen LogP contribution in [0.1, 0.15) is 51.9 Å². The fraction of sp³-hybridized carbons (Fsp3) is 0.842. The standard InChI is InChI=1S/C19H25F5O3/c1-3-8-17(26,19(22,23)24)18(20,21)16(27-15(25)4-2)10-11-9-14(16)13-7-5-6-12(11)13/h4,11-14,26H,2-3,5-10H2,1H3. The van der Waals surface area contributed by atoms with E-state index < -0.39 is 41.6 Å². The predicted octanol–water partition coefficient (Wildman–Crippen LogP) is 4.64. The second kappa shape index (κ2) is 6.42. The van der Waals surface area contributed by atoms with Gasteiger partial charge in [0, 0.05) is 12.0 Å². The second-order valence-electron chi connectivity index (χ2n) is 8.26. The Bertz CT molecular complexity index is 619. The highest BCUT2D eigenvalue weighted by molar-refractivity contribution is 5.81. The van der Waals surface area contributed by atoms with E-state index in [1.165, 1.54) is 6.92 Å². The highest BCUT2D eigenvalue weighted by atomic mass is 19.4. The van der Waals surface area contributed by atoms with E-state index in [0.29, 0.717) is 18.9 Å². The number of hydrogen-bond donors (Lipinski definition) is 1. The van der Waals surface area contributed by atoms with E-state index in [-0.39, 0.29) is 30.6 Å². The Morgan fingerprint density at radius 2 is 1.89 bits per heavy atom. The van der Waals surface area contributed by atoms with Crippen molar-refractivity contribution in [3.05, 3.63) is 12.7 Å². The summed E-state index contributed by atoms with van der Waals surface area (Å²) < 4.78 is 77.3. The van der Waals surface area contributed by atoms with Gasteiger partial charge in [-0.25, -0.2) is 4.79 Å². The number of aliphatic hydroxyl groups is 1. The first-order valence-electron chi connectivity index (χ1n) is 9.47. The smallest absolute Gasteiger partial charge is 0.423 e. The number of hydrogen-bond acceptors (Lipinski definition) is 3. The van der Waals surface area contributed by atoms with E-state index in [0.717, 1.165) is 12.8 Å². The van der Waals surface area contributed by atoms with Gasteiger partial charge < -0.3 is 9.84 Å². The first-order valence-corrected chi connectivity index (χ1v) is 9.47. The molecule has 3 saturated carbocycles. The third kappa shape index (κ3) is 2.65. The molecule has 0 aliphatic heterocycles. The predicted molar refractivity (Wildman–Crippen MR) is 86.9 cm³/mol. The summed E-state index contributed by atoms with van der Waals surface area (Å²) in [5, 5.41) is 10.3. The lowest BCUT2D eigenvalue weighted by atomic mass is 9.65. The third-order valence-corrected chi connectivity index (χ3v) is 7.05. The molecule has 1 N–H and O–H groups in total. The van der Waals surface area contributed by atoms with Crippen LogP contribution in [0.2, 0.25) is 0 Å². The van der Waals surface area contributed by atoms with Crippen LogP contribution in [0.3, 0.4) is 0 Å². The van der Waals surface area contributed by atoms with Crippen LogP contribution in [0.4, 0.5) is 22.0 Å². The molecule has 6 atom stereocenters. The quantitative estimate of drug-likeness (QED) is 0.404. The van der Waals surface area contributed by atoms with Gasteiger partial charge in [0.05, 0.1) is 0 Å². The molecule has 27 heavy (non-hydrogen) atoms. The van der Waals surface area contributed by atoms with Crippen molar-refractivity contribution in [1.82, 2.24) is 0 Å². The summed E-state index contributed by atoms with van der Waals surface area (Å²) in [6.07, 6.45) is -4.06. The molecular formula is C19H25F5O3. The molecule has 3 fully saturated rings. The zero-order valence-corrected chi connectivity index (χ0v) is 15.2. The molecule has 6 unspecified atom stereocenters. The van der Waals surface area contributed by atoms with Crippen molar-refractivity contribution in [1.29, 1.82) is 0 Å². The molecule has 3 aliphatic rings. The van der Waals surface area contributed by atoms with E-state index in [2.05, 4.69) is 6.58 Å². The maximum Gasteiger partial charge on any atom is 0.423 e. The second-order valence-corrected chi connectivity index (χ2v) is 8.26. The molecule has 0 radical (unpaired) electrons. The van der Waals surface area contributed by atoms with Crippen molar-refractivity contribution in [2.45, 2.75) is 75.2 Å². The molecule has 8 heteroatoms. The van der Waals surface area contributed by atoms with Gasteiger partial charge in [-0.1, -0.05) is 26.3 Å². The number of ether oxygens (including phenoxy) is 1. The lowest BCUT2D eigenvalue weighted by molar-refractivity contribution is -0.378. The summed E-state index contributed by atoms with van der Waals surface area (Å²) in [7, 11) is 0. The monoisotopic (exact) mass is 396 g/mol. The highest BCUT2D eigenvalue weighted by Crippen LogP contribution is 2.69. The van der Waals surface area contributed by atoms with Crippen molar-refractivity contribution in [2.75, 3.05) is 0 Å². The van der Waals surface area contributed by atoms with Crippen LogP contribution in [-0.4, -0.2) is 34.4 Å². The van der Waals surface area contributed by atoms with E-state index in [9.17, 15) is 23.1 Å². The van der Waals surface area contributed by atoms with Gasteiger partial charge in [0.25, 0.3) is 0 Å². The number of esters is 1. The SMILES string of the molecule is C=CC(=O)OC1(C(F)(F)C(O)(CCC)C(F)(F)F)CC2CC1C1CCCC21. The highest BCUT2D eigenvalue weighted by Gasteiger charge is 2.82. The van der Waals surface area contributed by atoms with Crippen LogP contribution >= 0.6 is 0 Å². The minimum atomic E-state index is -5.56. The van der Waals surface area contributed by atoms with Gasteiger partial charge in [0.15, 0.2) is 5.60 Å². The minimum absolute atomic E-state index is 0.187. The molecule has 0 spiro atoms. The van der Waals surface area contributed by atoms with E-state index in [4.69, 9.17) is 4.74 Å². The molecule has 0 aromatic rings. The topological polar surface area (TPSA) is 46.5 Å². The summed E-state index contributed by atoms with van der Waals surface area (Å²) in [5.41, 5.74) is -6.91. The van der Waals surface area contributed by atoms with Gasteiger partial charge in [0.1, 0.15) is 0 Å². The van der Waals surface area contributed by atoms with Crippen LogP contribution in [0.25, 0.3) is 0 Å². The lowest BCUT2D eigenvalue weighted by Gasteiger charge is -2.51. The maximum absolute atomic E-state index is 15.6. The molecule has 3 aliphatic carbocycles. The summed E-state index contributed by atoms with van der Waals surface area (Å²) in [5.74, 6) is -6.97. The molecule has 3 rings (SSSR count). The molecular weight excluding hydrogens is 371 g/mol. The number of carbonyl (C=O) groups is 1. The van der Waals surface area contributed by atoms with Crippen molar-refractivity contribution in [3.8, 4) is 0 Å². The normalized spacial score (nSPS) is 37.7. The Kier molecular flexibility index (Phi) is 4.89. The van der Waals surface area contributed by atoms with E-state index in [1.807, 2.05) is 0 Å². The molecule has 154 valence electrons. The van der Waals surface area contributed by atoms with Crippen molar-refractivity contribution >= 4 is 5.97 Å². The van der Waals surface area contributed by atoms with E-state index >= 15 is 8.78 Å². The number of fused-ring (bicyclic) bond motifs is 5. The van der Waals surface area contributed by atoms with Gasteiger partial charge in [-0.2, -0.15) is 22.0 Å². The fourth-order valence-electron chi connectivity index (χ4n) is 6.04. The number of halogens is 5. The molecule has 0 aromatic carbocycles. The van der Waals surface area contributed by atoms with Crippen molar-refractivity contribution in [2.24, 2.45) is 23.7 Å². The maximum atomic E-state index is 15.6. The Balaban J connectivity index is 2.11. The summed E-state index contributed by atoms with van der Waals surface area (Å²) in [4.78, 5) is 11.9. The van der Waals surface area contributed by atoms with Gasteiger partial charge in [-0.15, -0.1) is 0 Å². The van der Waals surface area contributed by atoms with Crippen LogP contribution in [0.5, 0.6) is 0 Å². The average molecular weight is 396 g/mol. The molecule has 2 bridgehead atoms. The molecule has 0 amide bonds. The van der Waals surface area contributed by atoms with E-state index in [1.54, 1.807) is 0 Å². The number of carbonyl (C=O) groups excluding carboxylic acids is 1. The fourth-order valence-corrected chi connectivity index (χ4v) is 6.04. The minimum Gasteiger partial charge on any atom is -0.449 e. The first-order chi connectivity index (χ1) is 12.4. The van der Waals surface area contributed by atoms with Gasteiger partial charge in [-0.05, 0) is 49.9 Å². The largest absolute Gasteiger partial charge is 0.449 e. The zero-order chi connectivity index (χ0) is 20.3. The number of alkyl halides is 5. The Morgan fingerprint density at radius 1 is 1.26 bits per heavy atom. The summed E-state index contributed by atoms with van der Waals surface area (Å²) >= 11 is 0. The Labute approximate surface area is 154 Å². The van der Waals surface area contributed by atoms with Crippen LogP contribution in [-0.2, 0) is 9.53 Å². The zero-order valence-electron chi connectivity index (χ0n) is 15.2. The van der Waals surface area contributed by atoms with Gasteiger partial charge in [-0.3, -0.25) is 0 Å². The van der Waals surface area contributed by atoms with Crippen LogP contribution in [0, 0.1) is 23.7 Å². The molecule has 0 saturated heterocycles. The Hall–Kier alpha value is -1.18. The molecule has 0 aromatic heterocycles. The molecule has 3 nitrogen and oxygen atoms in total. The van der Waals surface area contributed by atoms with Gasteiger partial charge >= 0.3 is 18.1 Å². The Morgan fingerprint density at radius 3 is 2.44 bits per heavy atom. The first kappa shape index (κ1) is 20.6. The lowest BCUT2D eigenvalue weighted by Crippen LogP contribution is -2.71.